The van der Waals surface area contributed by atoms with Crippen LogP contribution in [0.15, 0.2) is 48.1 Å². The van der Waals surface area contributed by atoms with Crippen LogP contribution in [-0.4, -0.2) is 55.6 Å². The van der Waals surface area contributed by atoms with Gasteiger partial charge in [-0.3, -0.25) is 9.78 Å². The summed E-state index contributed by atoms with van der Waals surface area (Å²) in [5.41, 5.74) is 14.0. The number of benzene rings is 2. The quantitative estimate of drug-likeness (QED) is 0.309. The number of fused-ring (bicyclic) bond motifs is 4. The number of imidazole rings is 1. The molecule has 1 saturated heterocycles. The van der Waals surface area contributed by atoms with Crippen LogP contribution in [0.3, 0.4) is 0 Å². The van der Waals surface area contributed by atoms with Crippen LogP contribution < -0.4 is 10.5 Å². The highest BCUT2D eigenvalue weighted by Gasteiger charge is 2.47. The van der Waals surface area contributed by atoms with Crippen LogP contribution in [0, 0.1) is 11.8 Å². The van der Waals surface area contributed by atoms with Gasteiger partial charge in [-0.15, -0.1) is 11.3 Å². The van der Waals surface area contributed by atoms with Crippen molar-refractivity contribution < 1.29 is 9.53 Å². The number of thiazole rings is 1. The first-order valence-corrected chi connectivity index (χ1v) is 15.0. The molecule has 3 fully saturated rings. The molecular formula is C31H32N6O2S. The number of amides is 1. The molecule has 2 N–H and O–H groups in total. The van der Waals surface area contributed by atoms with Crippen LogP contribution >= 0.6 is 11.3 Å². The van der Waals surface area contributed by atoms with E-state index in [-0.39, 0.29) is 18.0 Å². The Morgan fingerprint density at radius 1 is 1.15 bits per heavy atom. The second kappa shape index (κ2) is 8.91. The van der Waals surface area contributed by atoms with E-state index in [1.165, 1.54) is 34.2 Å². The predicted octanol–water partition coefficient (Wildman–Crippen LogP) is 5.30. The summed E-state index contributed by atoms with van der Waals surface area (Å²) in [6, 6.07) is 12.9. The third-order valence-electron chi connectivity index (χ3n) is 9.30. The van der Waals surface area contributed by atoms with Crippen molar-refractivity contribution in [3.63, 3.8) is 0 Å². The minimum atomic E-state index is 0.0218. The van der Waals surface area contributed by atoms with Gasteiger partial charge in [0.1, 0.15) is 11.3 Å². The summed E-state index contributed by atoms with van der Waals surface area (Å²) in [4.78, 5) is 26.2. The Balaban J connectivity index is 1.25. The monoisotopic (exact) mass is 552 g/mol. The Morgan fingerprint density at radius 2 is 2.02 bits per heavy atom. The molecule has 40 heavy (non-hydrogen) atoms. The summed E-state index contributed by atoms with van der Waals surface area (Å²) < 4.78 is 10.4. The van der Waals surface area contributed by atoms with E-state index in [9.17, 15) is 4.79 Å². The first kappa shape index (κ1) is 24.1. The number of nitrogens with zero attached hydrogens (tertiary/aromatic N) is 5. The molecule has 8 nitrogen and oxygen atoms in total. The van der Waals surface area contributed by atoms with Crippen LogP contribution in [-0.2, 0) is 13.6 Å². The lowest BCUT2D eigenvalue weighted by Gasteiger charge is -2.27. The van der Waals surface area contributed by atoms with Gasteiger partial charge in [-0.05, 0) is 67.3 Å². The summed E-state index contributed by atoms with van der Waals surface area (Å²) in [7, 11) is 3.70. The molecule has 3 aliphatic rings. The van der Waals surface area contributed by atoms with E-state index in [2.05, 4.69) is 38.4 Å². The molecule has 2 bridgehead atoms. The molecule has 204 valence electrons. The van der Waals surface area contributed by atoms with Crippen molar-refractivity contribution in [2.24, 2.45) is 24.6 Å². The average Bonchev–Trinajstić information content (AvgIpc) is 3.34. The van der Waals surface area contributed by atoms with Crippen LogP contribution in [0.4, 0.5) is 0 Å². The Morgan fingerprint density at radius 3 is 2.73 bits per heavy atom. The van der Waals surface area contributed by atoms with Gasteiger partial charge in [-0.25, -0.2) is 4.98 Å². The van der Waals surface area contributed by atoms with E-state index in [0.717, 1.165) is 48.5 Å². The average molecular weight is 553 g/mol. The van der Waals surface area contributed by atoms with Crippen molar-refractivity contribution in [2.45, 2.75) is 44.3 Å². The maximum absolute atomic E-state index is 13.7. The second-order valence-corrected chi connectivity index (χ2v) is 12.6. The zero-order valence-corrected chi connectivity index (χ0v) is 23.5. The number of carbonyl (C=O) groups excluding carboxylic acids is 1. The van der Waals surface area contributed by atoms with Gasteiger partial charge in [-0.2, -0.15) is 0 Å². The number of methoxy groups -OCH3 is 1. The van der Waals surface area contributed by atoms with Crippen molar-refractivity contribution >= 4 is 39.2 Å². The number of hydrogen-bond acceptors (Lipinski definition) is 6. The number of aryl methyl sites for hydroxylation is 1. The molecule has 0 spiro atoms. The van der Waals surface area contributed by atoms with Crippen LogP contribution in [0.25, 0.3) is 43.9 Å². The van der Waals surface area contributed by atoms with Gasteiger partial charge in [0.05, 0.1) is 28.7 Å². The van der Waals surface area contributed by atoms with E-state index in [1.54, 1.807) is 18.4 Å². The first-order valence-electron chi connectivity index (χ1n) is 14.1. The predicted molar refractivity (Wildman–Crippen MR) is 158 cm³/mol. The molecule has 9 heteroatoms. The van der Waals surface area contributed by atoms with Crippen molar-refractivity contribution in [3.05, 3.63) is 53.7 Å². The number of hydrogen-bond donors (Lipinski definition) is 1. The number of carbonyl (C=O) groups is 1. The minimum Gasteiger partial charge on any atom is -0.494 e. The fourth-order valence-corrected chi connectivity index (χ4v) is 7.59. The molecule has 2 unspecified atom stereocenters. The fourth-order valence-electron chi connectivity index (χ4n) is 6.97. The van der Waals surface area contributed by atoms with Gasteiger partial charge in [0, 0.05) is 54.9 Å². The first-order chi connectivity index (χ1) is 19.5. The largest absolute Gasteiger partial charge is 0.494 e. The van der Waals surface area contributed by atoms with Gasteiger partial charge in [0.2, 0.25) is 0 Å². The molecule has 2 saturated carbocycles. The molecular weight excluding hydrogens is 520 g/mol. The number of piperidine rings is 1. The summed E-state index contributed by atoms with van der Waals surface area (Å²) in [5.74, 6) is 2.65. The van der Waals surface area contributed by atoms with Gasteiger partial charge in [0.25, 0.3) is 5.91 Å². The molecule has 3 aromatic heterocycles. The highest BCUT2D eigenvalue weighted by atomic mass is 32.1. The molecule has 0 radical (unpaired) electrons. The lowest BCUT2D eigenvalue weighted by atomic mass is 10.1. The Hall–Kier alpha value is -3.69. The van der Waals surface area contributed by atoms with E-state index in [1.807, 2.05) is 35.8 Å². The van der Waals surface area contributed by atoms with Crippen LogP contribution in [0.2, 0.25) is 0 Å². The maximum Gasteiger partial charge on any atom is 0.254 e. The summed E-state index contributed by atoms with van der Waals surface area (Å²) >= 11 is 1.66. The lowest BCUT2D eigenvalue weighted by Crippen LogP contribution is -2.41. The zero-order chi connectivity index (χ0) is 27.1. The van der Waals surface area contributed by atoms with Gasteiger partial charge in [-0.1, -0.05) is 12.1 Å². The van der Waals surface area contributed by atoms with E-state index >= 15 is 0 Å². The highest BCUT2D eigenvalue weighted by molar-refractivity contribution is 7.13. The van der Waals surface area contributed by atoms with Crippen molar-refractivity contribution in [1.82, 2.24) is 24.0 Å². The highest BCUT2D eigenvalue weighted by Crippen LogP contribution is 2.41. The molecule has 3 atom stereocenters. The van der Waals surface area contributed by atoms with Crippen LogP contribution in [0.5, 0.6) is 5.75 Å². The smallest absolute Gasteiger partial charge is 0.254 e. The summed E-state index contributed by atoms with van der Waals surface area (Å²) in [5, 5.41) is 1.19. The number of aromatic nitrogens is 4. The molecule has 1 amide bonds. The van der Waals surface area contributed by atoms with E-state index in [4.69, 9.17) is 15.5 Å². The van der Waals surface area contributed by atoms with Gasteiger partial charge >= 0.3 is 0 Å². The summed E-state index contributed by atoms with van der Waals surface area (Å²) in [6.07, 6.45) is 6.55. The van der Waals surface area contributed by atoms with Crippen molar-refractivity contribution in [2.75, 3.05) is 13.7 Å². The molecule has 2 aromatic carbocycles. The topological polar surface area (TPSA) is 91.2 Å². The Kier molecular flexibility index (Phi) is 5.37. The fraction of sp³-hybridized carbons (Fsp3) is 0.387. The van der Waals surface area contributed by atoms with Gasteiger partial charge in [0.15, 0.2) is 5.82 Å². The Bertz CT molecular complexity index is 1780. The molecule has 2 aliphatic carbocycles. The Labute approximate surface area is 236 Å². The number of ether oxygens (including phenoxy) is 1. The maximum atomic E-state index is 13.7. The number of rotatable bonds is 6. The molecule has 4 heterocycles. The zero-order valence-electron chi connectivity index (χ0n) is 22.7. The number of likely N-dealkylation sites (tertiary alicyclic amines) is 1. The molecule has 5 aromatic rings. The minimum absolute atomic E-state index is 0.0218. The SMILES string of the molecule is COc1cc(C(=O)N2CC3CCC2[C@@H]3N)cc2nc(-c3cc4ccc(-c5cncs5)cc4n3CC3CC3)n(C)c12. The van der Waals surface area contributed by atoms with E-state index in [0.29, 0.717) is 23.1 Å². The van der Waals surface area contributed by atoms with E-state index < -0.39 is 0 Å². The lowest BCUT2D eigenvalue weighted by molar-refractivity contribution is 0.0700. The summed E-state index contributed by atoms with van der Waals surface area (Å²) in [6.45, 7) is 1.70. The standard InChI is InChI=1S/C31H32N6O2S/c1-35-29-22(9-21(12-26(29)39-2)31(38)37-15-20-7-8-23(37)28(20)32)34-30(35)25-10-18-5-6-19(27-13-33-16-40-27)11-24(18)36(25)14-17-3-4-17/h5-6,9-13,16-17,20,23,28H,3-4,7-8,14-15,32H2,1-2H3/t20?,23?,28-/m1/s1. The van der Waals surface area contributed by atoms with Gasteiger partial charge < -0.3 is 24.5 Å². The van der Waals surface area contributed by atoms with Crippen molar-refractivity contribution in [3.8, 4) is 27.7 Å². The normalized spacial score (nSPS) is 22.2. The van der Waals surface area contributed by atoms with Crippen LogP contribution in [0.1, 0.15) is 36.0 Å². The number of nitrogens with two attached hydrogens (primary N) is 1. The molecule has 8 rings (SSSR count). The van der Waals surface area contributed by atoms with Crippen molar-refractivity contribution in [1.29, 1.82) is 0 Å². The third-order valence-corrected chi connectivity index (χ3v) is 10.1. The second-order valence-electron chi connectivity index (χ2n) is 11.7. The molecule has 1 aliphatic heterocycles. The third kappa shape index (κ3) is 3.64.